The van der Waals surface area contributed by atoms with Gasteiger partial charge in [-0.05, 0) is 26.0 Å². The maximum Gasteiger partial charge on any atom is 0.253 e. The maximum atomic E-state index is 11.2. The molecule has 0 saturated heterocycles. The number of nitrogens with zero attached hydrogens (tertiary/aromatic N) is 3. The van der Waals surface area contributed by atoms with Gasteiger partial charge in [-0.1, -0.05) is 18.6 Å². The number of rotatable bonds is 2. The van der Waals surface area contributed by atoms with Crippen molar-refractivity contribution >= 4 is 28.7 Å². The van der Waals surface area contributed by atoms with Crippen LogP contribution in [0.3, 0.4) is 0 Å². The van der Waals surface area contributed by atoms with Crippen LogP contribution in [-0.4, -0.2) is 21.8 Å². The number of benzene rings is 1. The second-order valence-electron chi connectivity index (χ2n) is 4.53. The minimum atomic E-state index is -0.195. The summed E-state index contributed by atoms with van der Waals surface area (Å²) in [5, 5.41) is 3.45. The number of fused-ring (bicyclic) bond motifs is 1. The van der Waals surface area contributed by atoms with E-state index in [0.717, 1.165) is 22.2 Å². The molecule has 0 bridgehead atoms. The van der Waals surface area contributed by atoms with Gasteiger partial charge in [0.05, 0.1) is 11.2 Å². The number of carbonyl (C=O) groups excluding carboxylic acids is 1. The number of aryl methyl sites for hydroxylation is 2. The number of carbonyl (C=O) groups is 1. The minimum Gasteiger partial charge on any atom is -0.369 e. The Hall–Kier alpha value is -2.50. The third kappa shape index (κ3) is 3.09. The number of guanidine groups is 1. The molecule has 0 aliphatic rings. The Kier molecular flexibility index (Phi) is 3.93. The van der Waals surface area contributed by atoms with Crippen molar-refractivity contribution in [3.05, 3.63) is 29.5 Å². The summed E-state index contributed by atoms with van der Waals surface area (Å²) >= 11 is 0. The summed E-state index contributed by atoms with van der Waals surface area (Å²) in [5.74, 6) is 0.0508. The molecule has 0 saturated carbocycles. The van der Waals surface area contributed by atoms with Crippen molar-refractivity contribution < 1.29 is 4.79 Å². The van der Waals surface area contributed by atoms with E-state index < -0.39 is 0 Å². The van der Waals surface area contributed by atoms with Gasteiger partial charge in [0.2, 0.25) is 11.9 Å². The van der Waals surface area contributed by atoms with Crippen LogP contribution in [0.4, 0.5) is 5.95 Å². The maximum absolute atomic E-state index is 11.2. The fraction of sp³-hybridized carbons (Fsp3) is 0.286. The second kappa shape index (κ2) is 5.64. The van der Waals surface area contributed by atoms with Gasteiger partial charge in [0.1, 0.15) is 0 Å². The SMILES string of the molecule is CCC(=O)N/C(N)=N/c1nc(C)c2cc(C)ccc2n1. The molecule has 0 fully saturated rings. The molecule has 0 spiro atoms. The van der Waals surface area contributed by atoms with Crippen LogP contribution in [0.15, 0.2) is 23.2 Å². The topological polar surface area (TPSA) is 93.3 Å². The lowest BCUT2D eigenvalue weighted by atomic mass is 10.1. The Labute approximate surface area is 117 Å². The molecule has 1 amide bonds. The largest absolute Gasteiger partial charge is 0.369 e. The molecule has 2 rings (SSSR count). The van der Waals surface area contributed by atoms with Crippen molar-refractivity contribution in [1.29, 1.82) is 0 Å². The molecule has 0 radical (unpaired) electrons. The zero-order chi connectivity index (χ0) is 14.7. The first-order valence-corrected chi connectivity index (χ1v) is 6.38. The Bertz CT molecular complexity index is 693. The lowest BCUT2D eigenvalue weighted by Crippen LogP contribution is -2.36. The predicted octanol–water partition coefficient (Wildman–Crippen LogP) is 1.72. The molecule has 6 heteroatoms. The summed E-state index contributed by atoms with van der Waals surface area (Å²) in [5.41, 5.74) is 8.42. The monoisotopic (exact) mass is 271 g/mol. The van der Waals surface area contributed by atoms with Crippen molar-refractivity contribution in [3.8, 4) is 0 Å². The summed E-state index contributed by atoms with van der Waals surface area (Å²) < 4.78 is 0. The molecule has 0 unspecified atom stereocenters. The van der Waals surface area contributed by atoms with Crippen LogP contribution in [0.2, 0.25) is 0 Å². The van der Waals surface area contributed by atoms with Gasteiger partial charge in [-0.15, -0.1) is 0 Å². The zero-order valence-corrected chi connectivity index (χ0v) is 11.8. The first kappa shape index (κ1) is 13.9. The van der Waals surface area contributed by atoms with Crippen molar-refractivity contribution in [1.82, 2.24) is 15.3 Å². The number of amides is 1. The summed E-state index contributed by atoms with van der Waals surface area (Å²) in [6.07, 6.45) is 0.340. The molecule has 6 nitrogen and oxygen atoms in total. The highest BCUT2D eigenvalue weighted by Gasteiger charge is 2.06. The standard InChI is InChI=1S/C14H17N5O/c1-4-12(20)18-13(15)19-14-16-9(3)10-7-8(2)5-6-11(10)17-14/h5-7H,4H2,1-3H3,(H3,15,16,17,18,19,20). The highest BCUT2D eigenvalue weighted by Crippen LogP contribution is 2.19. The first-order valence-electron chi connectivity index (χ1n) is 6.38. The van der Waals surface area contributed by atoms with Crippen molar-refractivity contribution in [3.63, 3.8) is 0 Å². The molecule has 0 aliphatic carbocycles. The number of aromatic nitrogens is 2. The van der Waals surface area contributed by atoms with Gasteiger partial charge < -0.3 is 5.73 Å². The second-order valence-corrected chi connectivity index (χ2v) is 4.53. The average molecular weight is 271 g/mol. The highest BCUT2D eigenvalue weighted by atomic mass is 16.1. The van der Waals surface area contributed by atoms with E-state index in [2.05, 4.69) is 20.3 Å². The van der Waals surface area contributed by atoms with Gasteiger partial charge in [0.15, 0.2) is 0 Å². The average Bonchev–Trinajstić information content (AvgIpc) is 2.39. The van der Waals surface area contributed by atoms with E-state index >= 15 is 0 Å². The van der Waals surface area contributed by atoms with Crippen molar-refractivity contribution in [2.75, 3.05) is 0 Å². The molecular formula is C14H17N5O. The molecule has 20 heavy (non-hydrogen) atoms. The van der Waals surface area contributed by atoms with Crippen LogP contribution in [0.1, 0.15) is 24.6 Å². The van der Waals surface area contributed by atoms with Gasteiger partial charge >= 0.3 is 0 Å². The lowest BCUT2D eigenvalue weighted by molar-refractivity contribution is -0.119. The van der Waals surface area contributed by atoms with Crippen LogP contribution in [0.5, 0.6) is 0 Å². The minimum absolute atomic E-state index is 0.00251. The van der Waals surface area contributed by atoms with E-state index in [9.17, 15) is 4.79 Å². The number of aliphatic imine (C=N–C) groups is 1. The van der Waals surface area contributed by atoms with E-state index in [-0.39, 0.29) is 17.8 Å². The fourth-order valence-corrected chi connectivity index (χ4v) is 1.80. The van der Waals surface area contributed by atoms with Gasteiger partial charge in [0.25, 0.3) is 5.95 Å². The van der Waals surface area contributed by atoms with Crippen LogP contribution in [0, 0.1) is 13.8 Å². The van der Waals surface area contributed by atoms with E-state index in [0.29, 0.717) is 6.42 Å². The lowest BCUT2D eigenvalue weighted by Gasteiger charge is -2.05. The van der Waals surface area contributed by atoms with Crippen LogP contribution < -0.4 is 11.1 Å². The third-order valence-corrected chi connectivity index (χ3v) is 2.84. The highest BCUT2D eigenvalue weighted by molar-refractivity contribution is 5.96. The third-order valence-electron chi connectivity index (χ3n) is 2.84. The Morgan fingerprint density at radius 3 is 2.80 bits per heavy atom. The normalized spacial score (nSPS) is 11.7. The molecule has 104 valence electrons. The smallest absolute Gasteiger partial charge is 0.253 e. The fourth-order valence-electron chi connectivity index (χ4n) is 1.80. The molecule has 1 heterocycles. The number of nitrogens with one attached hydrogen (secondary N) is 1. The molecule has 1 aromatic heterocycles. The predicted molar refractivity (Wildman–Crippen MR) is 78.7 cm³/mol. The van der Waals surface area contributed by atoms with E-state index in [1.54, 1.807) is 6.92 Å². The van der Waals surface area contributed by atoms with Crippen LogP contribution >= 0.6 is 0 Å². The van der Waals surface area contributed by atoms with Crippen LogP contribution in [0.25, 0.3) is 10.9 Å². The summed E-state index contributed by atoms with van der Waals surface area (Å²) in [6, 6.07) is 5.92. The van der Waals surface area contributed by atoms with Gasteiger partial charge in [0, 0.05) is 11.8 Å². The summed E-state index contributed by atoms with van der Waals surface area (Å²) in [7, 11) is 0. The van der Waals surface area contributed by atoms with Gasteiger partial charge in [-0.2, -0.15) is 4.99 Å². The zero-order valence-electron chi connectivity index (χ0n) is 11.8. The number of nitrogens with two attached hydrogens (primary N) is 1. The van der Waals surface area contributed by atoms with Gasteiger partial charge in [-0.3, -0.25) is 10.1 Å². The summed E-state index contributed by atoms with van der Waals surface area (Å²) in [4.78, 5) is 23.8. The Morgan fingerprint density at radius 1 is 1.35 bits per heavy atom. The number of hydrogen-bond donors (Lipinski definition) is 2. The molecule has 3 N–H and O–H groups in total. The van der Waals surface area contributed by atoms with Crippen molar-refractivity contribution in [2.45, 2.75) is 27.2 Å². The molecule has 0 atom stereocenters. The Morgan fingerprint density at radius 2 is 2.10 bits per heavy atom. The van der Waals surface area contributed by atoms with Gasteiger partial charge in [-0.25, -0.2) is 9.97 Å². The van der Waals surface area contributed by atoms with Crippen LogP contribution in [-0.2, 0) is 4.79 Å². The molecule has 2 aromatic rings. The number of hydrogen-bond acceptors (Lipinski definition) is 4. The van der Waals surface area contributed by atoms with Crippen molar-refractivity contribution in [2.24, 2.45) is 10.7 Å². The van der Waals surface area contributed by atoms with E-state index in [4.69, 9.17) is 5.73 Å². The summed E-state index contributed by atoms with van der Waals surface area (Å²) in [6.45, 7) is 5.65. The first-order chi connectivity index (χ1) is 9.49. The molecular weight excluding hydrogens is 254 g/mol. The quantitative estimate of drug-likeness (QED) is 0.642. The molecule has 0 aliphatic heterocycles. The van der Waals surface area contributed by atoms with E-state index in [1.807, 2.05) is 32.0 Å². The Balaban J connectivity index is 2.39. The molecule has 1 aromatic carbocycles. The van der Waals surface area contributed by atoms with E-state index in [1.165, 1.54) is 0 Å².